The lowest BCUT2D eigenvalue weighted by molar-refractivity contribution is -0.161. The van der Waals surface area contributed by atoms with Gasteiger partial charge in [0.15, 0.2) is 12.2 Å². The van der Waals surface area contributed by atoms with Gasteiger partial charge in [-0.15, -0.1) is 0 Å². The van der Waals surface area contributed by atoms with Crippen LogP contribution in [0.5, 0.6) is 0 Å². The molecule has 0 amide bonds. The molecule has 0 aliphatic carbocycles. The van der Waals surface area contributed by atoms with E-state index in [1.165, 1.54) is 186 Å². The van der Waals surface area contributed by atoms with E-state index >= 15 is 0 Å². The molecule has 0 aromatic rings. The number of phosphoric ester groups is 2. The Kier molecular flexibility index (Phi) is 64.3. The summed E-state index contributed by atoms with van der Waals surface area (Å²) in [7, 11) is -9.91. The molecule has 0 heterocycles. The van der Waals surface area contributed by atoms with Crippen LogP contribution in [0.2, 0.25) is 0 Å². The van der Waals surface area contributed by atoms with Gasteiger partial charge in [-0.1, -0.05) is 331 Å². The maximum absolute atomic E-state index is 13.1. The molecule has 0 fully saturated rings. The average Bonchev–Trinajstić information content (AvgIpc) is 1.86. The molecule has 0 aliphatic heterocycles. The van der Waals surface area contributed by atoms with Gasteiger partial charge in [-0.25, -0.2) is 9.13 Å². The Morgan fingerprint density at radius 1 is 0.287 bits per heavy atom. The number of carbonyl (C=O) groups excluding carboxylic acids is 4. The average molecular weight is 1380 g/mol. The fourth-order valence-electron chi connectivity index (χ4n) is 11.4. The summed E-state index contributed by atoms with van der Waals surface area (Å²) in [6, 6.07) is 0. The zero-order chi connectivity index (χ0) is 69.4. The summed E-state index contributed by atoms with van der Waals surface area (Å²) in [4.78, 5) is 72.7. The number of ether oxygens (including phenoxy) is 4. The van der Waals surface area contributed by atoms with Gasteiger partial charge >= 0.3 is 39.5 Å². The second-order valence-electron chi connectivity index (χ2n) is 28.5. The van der Waals surface area contributed by atoms with Crippen LogP contribution in [0.15, 0.2) is 0 Å². The molecule has 0 rings (SSSR count). The fraction of sp³-hybridized carbons (Fsp3) is 0.947. The molecule has 94 heavy (non-hydrogen) atoms. The van der Waals surface area contributed by atoms with E-state index in [2.05, 4.69) is 48.5 Å². The van der Waals surface area contributed by atoms with Crippen LogP contribution in [0.1, 0.15) is 382 Å². The zero-order valence-corrected chi connectivity index (χ0v) is 63.2. The van der Waals surface area contributed by atoms with E-state index in [0.717, 1.165) is 108 Å². The lowest BCUT2D eigenvalue weighted by Gasteiger charge is -2.21. The van der Waals surface area contributed by atoms with E-state index in [9.17, 15) is 43.2 Å². The van der Waals surface area contributed by atoms with Crippen LogP contribution in [0.3, 0.4) is 0 Å². The Morgan fingerprint density at radius 2 is 0.489 bits per heavy atom. The Labute approximate surface area is 575 Å². The van der Waals surface area contributed by atoms with Gasteiger partial charge in [-0.2, -0.15) is 0 Å². The van der Waals surface area contributed by atoms with Crippen LogP contribution in [0.4, 0.5) is 0 Å². The van der Waals surface area contributed by atoms with Gasteiger partial charge in [0.2, 0.25) is 0 Å². The van der Waals surface area contributed by atoms with E-state index in [1.54, 1.807) is 0 Å². The quantitative estimate of drug-likeness (QED) is 0.0222. The van der Waals surface area contributed by atoms with E-state index in [1.807, 2.05) is 0 Å². The number of carbonyl (C=O) groups is 4. The molecule has 0 aromatic heterocycles. The smallest absolute Gasteiger partial charge is 0.462 e. The van der Waals surface area contributed by atoms with E-state index in [0.29, 0.717) is 31.6 Å². The van der Waals surface area contributed by atoms with Gasteiger partial charge in [0.05, 0.1) is 26.4 Å². The fourth-order valence-corrected chi connectivity index (χ4v) is 13.0. The summed E-state index contributed by atoms with van der Waals surface area (Å²) < 4.78 is 68.5. The topological polar surface area (TPSA) is 237 Å². The number of hydrogen-bond acceptors (Lipinski definition) is 15. The SMILES string of the molecule is CCCCCCCCCCCCCC(=O)O[C@H](COC(=O)CCCCCCCCCC(C)C)COP(=O)(O)OC[C@H](O)COP(=O)(O)OC[C@@H](COC(=O)CCCCCCCCCCCCCCCC(C)C)OC(=O)CCCCCCCCCCCCCCCCC(C)C. The van der Waals surface area contributed by atoms with Crippen molar-refractivity contribution in [2.45, 2.75) is 401 Å². The molecule has 0 spiro atoms. The number of hydrogen-bond donors (Lipinski definition) is 3. The van der Waals surface area contributed by atoms with Crippen LogP contribution < -0.4 is 0 Å². The van der Waals surface area contributed by atoms with Crippen molar-refractivity contribution in [3.63, 3.8) is 0 Å². The molecule has 17 nitrogen and oxygen atoms in total. The first-order valence-electron chi connectivity index (χ1n) is 38.8. The minimum Gasteiger partial charge on any atom is -0.462 e. The third-order valence-corrected chi connectivity index (χ3v) is 19.3. The van der Waals surface area contributed by atoms with Crippen molar-refractivity contribution in [1.82, 2.24) is 0 Å². The Hall–Kier alpha value is -1.94. The number of rotatable bonds is 73. The Balaban J connectivity index is 5.24. The van der Waals surface area contributed by atoms with Gasteiger partial charge in [0, 0.05) is 25.7 Å². The largest absolute Gasteiger partial charge is 0.472 e. The van der Waals surface area contributed by atoms with Gasteiger partial charge in [0.1, 0.15) is 19.3 Å². The van der Waals surface area contributed by atoms with Crippen LogP contribution in [-0.2, 0) is 65.4 Å². The molecule has 19 heteroatoms. The summed E-state index contributed by atoms with van der Waals surface area (Å²) in [6.45, 7) is 11.9. The highest BCUT2D eigenvalue weighted by atomic mass is 31.2. The van der Waals surface area contributed by atoms with Crippen molar-refractivity contribution in [1.29, 1.82) is 0 Å². The molecular formula is C75H146O17P2. The van der Waals surface area contributed by atoms with E-state index in [4.69, 9.17) is 37.0 Å². The van der Waals surface area contributed by atoms with E-state index < -0.39 is 97.5 Å². The van der Waals surface area contributed by atoms with Crippen molar-refractivity contribution >= 4 is 39.5 Å². The van der Waals surface area contributed by atoms with Gasteiger partial charge < -0.3 is 33.8 Å². The maximum atomic E-state index is 13.1. The van der Waals surface area contributed by atoms with Crippen molar-refractivity contribution < 1.29 is 80.2 Å². The highest BCUT2D eigenvalue weighted by Crippen LogP contribution is 2.45. The van der Waals surface area contributed by atoms with Crippen LogP contribution >= 0.6 is 15.6 Å². The van der Waals surface area contributed by atoms with E-state index in [-0.39, 0.29) is 25.7 Å². The third kappa shape index (κ3) is 68.6. The molecule has 5 atom stereocenters. The summed E-state index contributed by atoms with van der Waals surface area (Å²) in [5, 5.41) is 10.6. The van der Waals surface area contributed by atoms with Gasteiger partial charge in [-0.05, 0) is 43.4 Å². The summed E-state index contributed by atoms with van der Waals surface area (Å²) in [6.07, 6.45) is 51.3. The molecule has 0 radical (unpaired) electrons. The Morgan fingerprint density at radius 3 is 0.723 bits per heavy atom. The van der Waals surface area contributed by atoms with Crippen molar-refractivity contribution in [3.05, 3.63) is 0 Å². The minimum atomic E-state index is -4.96. The third-order valence-electron chi connectivity index (χ3n) is 17.4. The first-order chi connectivity index (χ1) is 45.2. The Bertz CT molecular complexity index is 1840. The molecule has 0 aliphatic rings. The van der Waals surface area contributed by atoms with Gasteiger partial charge in [-0.3, -0.25) is 37.3 Å². The van der Waals surface area contributed by atoms with Crippen molar-refractivity contribution in [2.75, 3.05) is 39.6 Å². The molecular weight excluding hydrogens is 1230 g/mol. The number of unbranched alkanes of at least 4 members (excludes halogenated alkanes) is 41. The number of phosphoric acid groups is 2. The summed E-state index contributed by atoms with van der Waals surface area (Å²) in [5.41, 5.74) is 0. The summed E-state index contributed by atoms with van der Waals surface area (Å²) >= 11 is 0. The first kappa shape index (κ1) is 92.1. The second-order valence-corrected chi connectivity index (χ2v) is 31.4. The van der Waals surface area contributed by atoms with Crippen LogP contribution in [-0.4, -0.2) is 96.7 Å². The standard InChI is InChI=1S/C75H146O17P2/c1-8-9-10-11-12-13-21-29-36-44-51-58-74(79)92-71(63-86-73(78)57-50-43-38-31-34-41-48-55-68(6)7)65-90-94(83,84)88-61-69(76)60-87-93(81,82)89-64-70(62-85-72(77)56-49-42-35-28-24-20-16-18-23-27-33-40-47-54-67(4)5)91-75(80)59-52-45-37-30-25-19-15-14-17-22-26-32-39-46-53-66(2)3/h66-71,76H,8-65H2,1-7H3,(H,81,82)(H,83,84)/t69-,70-,71-/m1/s1. The number of aliphatic hydroxyl groups excluding tert-OH is 1. The summed E-state index contributed by atoms with van der Waals surface area (Å²) in [5.74, 6) is 0.173. The molecule has 3 N–H and O–H groups in total. The first-order valence-corrected chi connectivity index (χ1v) is 41.8. The lowest BCUT2D eigenvalue weighted by atomic mass is 10.0. The van der Waals surface area contributed by atoms with Crippen molar-refractivity contribution in [2.24, 2.45) is 17.8 Å². The molecule has 2 unspecified atom stereocenters. The molecule has 0 saturated heterocycles. The minimum absolute atomic E-state index is 0.106. The second kappa shape index (κ2) is 65.7. The van der Waals surface area contributed by atoms with Gasteiger partial charge in [0.25, 0.3) is 0 Å². The molecule has 0 bridgehead atoms. The van der Waals surface area contributed by atoms with Crippen LogP contribution in [0, 0.1) is 17.8 Å². The van der Waals surface area contributed by atoms with Crippen molar-refractivity contribution in [3.8, 4) is 0 Å². The highest BCUT2D eigenvalue weighted by Gasteiger charge is 2.30. The lowest BCUT2D eigenvalue weighted by Crippen LogP contribution is -2.30. The predicted molar refractivity (Wildman–Crippen MR) is 381 cm³/mol. The normalized spacial score (nSPS) is 14.1. The highest BCUT2D eigenvalue weighted by molar-refractivity contribution is 7.47. The molecule has 0 aromatic carbocycles. The number of aliphatic hydroxyl groups is 1. The maximum Gasteiger partial charge on any atom is 0.472 e. The number of esters is 4. The molecule has 0 saturated carbocycles. The zero-order valence-electron chi connectivity index (χ0n) is 61.4. The monoisotopic (exact) mass is 1380 g/mol. The van der Waals surface area contributed by atoms with Crippen LogP contribution in [0.25, 0.3) is 0 Å². The molecule has 558 valence electrons. The predicted octanol–water partition coefficient (Wildman–Crippen LogP) is 21.8.